The fourth-order valence-corrected chi connectivity index (χ4v) is 4.40. The van der Waals surface area contributed by atoms with Crippen LogP contribution in [0.4, 0.5) is 5.69 Å². The zero-order valence-electron chi connectivity index (χ0n) is 17.9. The Morgan fingerprint density at radius 1 is 1.00 bits per heavy atom. The summed E-state index contributed by atoms with van der Waals surface area (Å²) in [5.41, 5.74) is 4.72. The van der Waals surface area contributed by atoms with Crippen LogP contribution in [0, 0.1) is 10.1 Å². The third-order valence-electron chi connectivity index (χ3n) is 5.99. The van der Waals surface area contributed by atoms with Crippen molar-refractivity contribution in [1.29, 1.82) is 0 Å². The molecule has 0 unspecified atom stereocenters. The van der Waals surface area contributed by atoms with Gasteiger partial charge in [0, 0.05) is 37.6 Å². The number of nitro groups is 1. The third kappa shape index (κ3) is 4.03. The fourth-order valence-electron chi connectivity index (χ4n) is 4.40. The number of hydrogen-bond acceptors (Lipinski definition) is 3. The monoisotopic (exact) mass is 403 g/mol. The Labute approximate surface area is 178 Å². The van der Waals surface area contributed by atoms with E-state index in [4.69, 9.17) is 0 Å². The Balaban J connectivity index is 1.73. The van der Waals surface area contributed by atoms with E-state index in [2.05, 4.69) is 66.8 Å². The number of benzene rings is 2. The number of nitrogens with zero attached hydrogens (tertiary/aromatic N) is 3. The Morgan fingerprint density at radius 2 is 1.73 bits per heavy atom. The van der Waals surface area contributed by atoms with Gasteiger partial charge in [0.15, 0.2) is 0 Å². The highest BCUT2D eigenvalue weighted by Crippen LogP contribution is 2.37. The fraction of sp³-hybridized carbons (Fsp3) is 0.360. The molecule has 3 aromatic rings. The van der Waals surface area contributed by atoms with Gasteiger partial charge in [-0.3, -0.25) is 15.0 Å². The van der Waals surface area contributed by atoms with Crippen molar-refractivity contribution in [2.24, 2.45) is 0 Å². The van der Waals surface area contributed by atoms with Crippen molar-refractivity contribution < 1.29 is 4.92 Å². The van der Waals surface area contributed by atoms with Gasteiger partial charge < -0.3 is 4.57 Å². The first-order valence-electron chi connectivity index (χ1n) is 10.6. The van der Waals surface area contributed by atoms with Gasteiger partial charge in [-0.25, -0.2) is 0 Å². The number of aromatic nitrogens is 1. The van der Waals surface area contributed by atoms with E-state index in [0.717, 1.165) is 37.3 Å². The molecule has 0 fully saturated rings. The summed E-state index contributed by atoms with van der Waals surface area (Å²) >= 11 is 0. The lowest BCUT2D eigenvalue weighted by Gasteiger charge is -2.30. The Bertz CT molecular complexity index is 1030. The quantitative estimate of drug-likeness (QED) is 0.415. The van der Waals surface area contributed by atoms with Crippen LogP contribution in [-0.4, -0.2) is 20.9 Å². The van der Waals surface area contributed by atoms with Crippen molar-refractivity contribution in [2.75, 3.05) is 6.54 Å². The van der Waals surface area contributed by atoms with Gasteiger partial charge in [0.1, 0.15) is 0 Å². The standard InChI is InChI=1S/C25H29N3O2/c1-25(2,3)20-13-11-19(12-14-20)18-27-17-7-16-26-15-6-10-23(26)24(27)21-8-4-5-9-22(21)28(29)30/h4-6,8-15,24H,7,16-18H2,1-3H3/t24-/m1/s1. The highest BCUT2D eigenvalue weighted by atomic mass is 16.6. The molecular formula is C25H29N3O2. The predicted octanol–water partition coefficient (Wildman–Crippen LogP) is 5.69. The first-order chi connectivity index (χ1) is 14.3. The van der Waals surface area contributed by atoms with E-state index in [1.54, 1.807) is 12.1 Å². The van der Waals surface area contributed by atoms with Gasteiger partial charge in [0.2, 0.25) is 0 Å². The van der Waals surface area contributed by atoms with Crippen LogP contribution < -0.4 is 0 Å². The second kappa shape index (κ2) is 8.07. The zero-order chi connectivity index (χ0) is 21.3. The SMILES string of the molecule is CC(C)(C)c1ccc(CN2CCCn3cccc3[C@H]2c2ccccc2[N+](=O)[O-])cc1. The summed E-state index contributed by atoms with van der Waals surface area (Å²) in [7, 11) is 0. The van der Waals surface area contributed by atoms with Crippen LogP contribution in [0.3, 0.4) is 0 Å². The van der Waals surface area contributed by atoms with Crippen molar-refractivity contribution in [3.05, 3.63) is 99.4 Å². The first-order valence-corrected chi connectivity index (χ1v) is 10.6. The number of aryl methyl sites for hydroxylation is 1. The molecule has 0 amide bonds. The average molecular weight is 404 g/mol. The summed E-state index contributed by atoms with van der Waals surface area (Å²) < 4.78 is 2.24. The largest absolute Gasteiger partial charge is 0.350 e. The molecule has 0 saturated carbocycles. The molecule has 2 heterocycles. The Morgan fingerprint density at radius 3 is 2.43 bits per heavy atom. The minimum Gasteiger partial charge on any atom is -0.350 e. The van der Waals surface area contributed by atoms with Gasteiger partial charge in [-0.2, -0.15) is 0 Å². The van der Waals surface area contributed by atoms with Crippen LogP contribution >= 0.6 is 0 Å². The van der Waals surface area contributed by atoms with Crippen molar-refractivity contribution in [3.63, 3.8) is 0 Å². The molecule has 0 bridgehead atoms. The normalized spacial score (nSPS) is 17.4. The van der Waals surface area contributed by atoms with E-state index in [1.807, 2.05) is 18.2 Å². The van der Waals surface area contributed by atoms with Gasteiger partial charge in [0.05, 0.1) is 16.5 Å². The lowest BCUT2D eigenvalue weighted by atomic mass is 9.86. The number of fused-ring (bicyclic) bond motifs is 1. The maximum Gasteiger partial charge on any atom is 0.274 e. The number of rotatable bonds is 4. The molecule has 0 N–H and O–H groups in total. The van der Waals surface area contributed by atoms with Gasteiger partial charge in [-0.1, -0.05) is 63.2 Å². The van der Waals surface area contributed by atoms with E-state index in [1.165, 1.54) is 11.1 Å². The molecule has 1 aliphatic heterocycles. The minimum atomic E-state index is -0.260. The number of nitro benzene ring substituents is 1. The van der Waals surface area contributed by atoms with E-state index in [9.17, 15) is 10.1 Å². The lowest BCUT2D eigenvalue weighted by molar-refractivity contribution is -0.385. The van der Waals surface area contributed by atoms with E-state index in [0.29, 0.717) is 0 Å². The highest BCUT2D eigenvalue weighted by molar-refractivity contribution is 5.46. The van der Waals surface area contributed by atoms with Crippen molar-refractivity contribution in [3.8, 4) is 0 Å². The molecule has 2 aromatic carbocycles. The minimum absolute atomic E-state index is 0.120. The molecule has 156 valence electrons. The molecule has 30 heavy (non-hydrogen) atoms. The highest BCUT2D eigenvalue weighted by Gasteiger charge is 2.32. The molecule has 1 atom stereocenters. The van der Waals surface area contributed by atoms with E-state index >= 15 is 0 Å². The molecule has 5 heteroatoms. The second-order valence-electron chi connectivity index (χ2n) is 9.12. The summed E-state index contributed by atoms with van der Waals surface area (Å²) in [5.74, 6) is 0. The molecule has 0 saturated heterocycles. The molecule has 0 radical (unpaired) electrons. The van der Waals surface area contributed by atoms with Gasteiger partial charge in [-0.05, 0) is 35.1 Å². The van der Waals surface area contributed by atoms with Crippen molar-refractivity contribution in [2.45, 2.75) is 51.7 Å². The summed E-state index contributed by atoms with van der Waals surface area (Å²) in [6, 6.07) is 20.0. The predicted molar refractivity (Wildman–Crippen MR) is 120 cm³/mol. The summed E-state index contributed by atoms with van der Waals surface area (Å²) in [6.07, 6.45) is 3.09. The van der Waals surface area contributed by atoms with Gasteiger partial charge in [-0.15, -0.1) is 0 Å². The second-order valence-corrected chi connectivity index (χ2v) is 9.12. The van der Waals surface area contributed by atoms with E-state index in [-0.39, 0.29) is 22.1 Å². The zero-order valence-corrected chi connectivity index (χ0v) is 17.9. The molecular weight excluding hydrogens is 374 g/mol. The van der Waals surface area contributed by atoms with Crippen LogP contribution in [0.25, 0.3) is 0 Å². The molecule has 0 spiro atoms. The van der Waals surface area contributed by atoms with Crippen molar-refractivity contribution in [1.82, 2.24) is 9.47 Å². The van der Waals surface area contributed by atoms with Crippen LogP contribution in [0.15, 0.2) is 66.9 Å². The Kier molecular flexibility index (Phi) is 5.48. The van der Waals surface area contributed by atoms with Crippen LogP contribution in [0.1, 0.15) is 55.6 Å². The van der Waals surface area contributed by atoms with Gasteiger partial charge in [0.25, 0.3) is 5.69 Å². The number of hydrogen-bond donors (Lipinski definition) is 0. The smallest absolute Gasteiger partial charge is 0.274 e. The summed E-state index contributed by atoms with van der Waals surface area (Å²) in [4.78, 5) is 13.9. The summed E-state index contributed by atoms with van der Waals surface area (Å²) in [5, 5.41) is 11.8. The van der Waals surface area contributed by atoms with Crippen molar-refractivity contribution >= 4 is 5.69 Å². The topological polar surface area (TPSA) is 51.3 Å². The third-order valence-corrected chi connectivity index (χ3v) is 5.99. The van der Waals surface area contributed by atoms with Crippen LogP contribution in [-0.2, 0) is 18.5 Å². The lowest BCUT2D eigenvalue weighted by Crippen LogP contribution is -2.30. The first kappa shape index (κ1) is 20.4. The molecule has 4 rings (SSSR count). The maximum absolute atomic E-state index is 11.8. The Hall–Kier alpha value is -2.92. The maximum atomic E-state index is 11.8. The molecule has 1 aliphatic rings. The number of para-hydroxylation sites is 1. The van der Waals surface area contributed by atoms with Gasteiger partial charge >= 0.3 is 0 Å². The van der Waals surface area contributed by atoms with E-state index < -0.39 is 0 Å². The molecule has 1 aromatic heterocycles. The van der Waals surface area contributed by atoms with Crippen LogP contribution in [0.2, 0.25) is 0 Å². The van der Waals surface area contributed by atoms with Crippen LogP contribution in [0.5, 0.6) is 0 Å². The molecule has 0 aliphatic carbocycles. The average Bonchev–Trinajstić information content (AvgIpc) is 3.09. The molecule has 5 nitrogen and oxygen atoms in total. The summed E-state index contributed by atoms with van der Waals surface area (Å²) in [6.45, 7) is 9.23.